The van der Waals surface area contributed by atoms with Crippen LogP contribution in [0.4, 0.5) is 0 Å². The number of quaternary nitrogens is 1. The van der Waals surface area contributed by atoms with Crippen LogP contribution < -0.4 is 10.2 Å². The molecule has 0 saturated carbocycles. The lowest BCUT2D eigenvalue weighted by Crippen LogP contribution is -2.46. The second kappa shape index (κ2) is 36.1. The monoisotopic (exact) mass is 767 g/mol. The molecule has 3 atom stereocenters. The van der Waals surface area contributed by atoms with Crippen molar-refractivity contribution >= 4 is 13.7 Å². The number of aliphatic hydroxyl groups is 1. The fraction of sp³-hybridized carbons (Fsp3) is 0.795. The number of carbonyl (C=O) groups is 1. The molecule has 0 aliphatic carbocycles. The first-order chi connectivity index (χ1) is 25.5. The van der Waals surface area contributed by atoms with Gasteiger partial charge in [-0.25, -0.2) is 0 Å². The van der Waals surface area contributed by atoms with Crippen LogP contribution in [0.15, 0.2) is 48.6 Å². The maximum Gasteiger partial charge on any atom is 0.268 e. The summed E-state index contributed by atoms with van der Waals surface area (Å²) >= 11 is 0. The zero-order valence-corrected chi connectivity index (χ0v) is 35.8. The van der Waals surface area contributed by atoms with Gasteiger partial charge < -0.3 is 28.8 Å². The van der Waals surface area contributed by atoms with E-state index < -0.39 is 20.0 Å². The largest absolute Gasteiger partial charge is 0.756 e. The quantitative estimate of drug-likeness (QED) is 0.0280. The fourth-order valence-electron chi connectivity index (χ4n) is 5.91. The Morgan fingerprint density at radius 2 is 1.15 bits per heavy atom. The van der Waals surface area contributed by atoms with Crippen LogP contribution in [0.2, 0.25) is 0 Å². The minimum Gasteiger partial charge on any atom is -0.756 e. The molecule has 8 nitrogen and oxygen atoms in total. The molecule has 9 heteroatoms. The molecule has 0 spiro atoms. The SMILES string of the molecule is CC/C=C\C/C=C\C/C=C\C/C=C\CCCCCCCCCCCCCCCCC(=O)NC(COP(=O)([O-])OCC[N+](C)(C)C)C(O)CCCCCC. The topological polar surface area (TPSA) is 108 Å². The number of phosphoric ester groups is 1. The maximum atomic E-state index is 12.7. The van der Waals surface area contributed by atoms with E-state index in [4.69, 9.17) is 9.05 Å². The number of hydrogen-bond donors (Lipinski definition) is 2. The number of rotatable bonds is 38. The van der Waals surface area contributed by atoms with Crippen LogP contribution in [-0.2, 0) is 18.4 Å². The molecule has 0 fully saturated rings. The number of phosphoric acid groups is 1. The summed E-state index contributed by atoms with van der Waals surface area (Å²) in [6.45, 7) is 4.47. The van der Waals surface area contributed by atoms with Gasteiger partial charge in [0, 0.05) is 6.42 Å². The highest BCUT2D eigenvalue weighted by atomic mass is 31.2. The second-order valence-electron chi connectivity index (χ2n) is 15.7. The predicted octanol–water partition coefficient (Wildman–Crippen LogP) is 11.1. The number of allylic oxidation sites excluding steroid dienone is 8. The van der Waals surface area contributed by atoms with Crippen molar-refractivity contribution in [3.05, 3.63) is 48.6 Å². The third-order valence-electron chi connectivity index (χ3n) is 9.33. The molecule has 0 aliphatic rings. The van der Waals surface area contributed by atoms with E-state index >= 15 is 0 Å². The summed E-state index contributed by atoms with van der Waals surface area (Å²) in [4.78, 5) is 25.0. The molecule has 1 amide bonds. The number of aliphatic hydroxyl groups excluding tert-OH is 1. The van der Waals surface area contributed by atoms with Crippen molar-refractivity contribution in [1.29, 1.82) is 0 Å². The molecule has 0 rings (SSSR count). The van der Waals surface area contributed by atoms with E-state index in [1.807, 2.05) is 21.1 Å². The molecular formula is C44H83N2O6P. The van der Waals surface area contributed by atoms with E-state index in [2.05, 4.69) is 67.8 Å². The van der Waals surface area contributed by atoms with Crippen LogP contribution >= 0.6 is 7.82 Å². The molecular weight excluding hydrogens is 683 g/mol. The van der Waals surface area contributed by atoms with Crippen molar-refractivity contribution in [3.63, 3.8) is 0 Å². The van der Waals surface area contributed by atoms with Gasteiger partial charge in [-0.05, 0) is 51.4 Å². The van der Waals surface area contributed by atoms with Crippen molar-refractivity contribution in [3.8, 4) is 0 Å². The summed E-state index contributed by atoms with van der Waals surface area (Å²) in [6, 6.07) is -0.796. The Labute approximate surface area is 327 Å². The van der Waals surface area contributed by atoms with Gasteiger partial charge in [0.15, 0.2) is 0 Å². The molecule has 3 unspecified atom stereocenters. The van der Waals surface area contributed by atoms with E-state index in [1.165, 1.54) is 77.0 Å². The summed E-state index contributed by atoms with van der Waals surface area (Å²) in [6.07, 6.45) is 44.7. The van der Waals surface area contributed by atoms with Crippen molar-refractivity contribution in [2.45, 2.75) is 187 Å². The lowest BCUT2D eigenvalue weighted by Gasteiger charge is -2.30. The maximum absolute atomic E-state index is 12.7. The van der Waals surface area contributed by atoms with Crippen molar-refractivity contribution in [2.75, 3.05) is 40.9 Å². The molecule has 0 radical (unpaired) electrons. The number of amides is 1. The van der Waals surface area contributed by atoms with Crippen molar-refractivity contribution in [1.82, 2.24) is 5.32 Å². The van der Waals surface area contributed by atoms with Gasteiger partial charge >= 0.3 is 0 Å². The number of unbranched alkanes of at least 4 members (excludes halogenated alkanes) is 17. The Morgan fingerprint density at radius 3 is 1.66 bits per heavy atom. The molecule has 53 heavy (non-hydrogen) atoms. The van der Waals surface area contributed by atoms with Gasteiger partial charge in [0.2, 0.25) is 5.91 Å². The first-order valence-electron chi connectivity index (χ1n) is 21.5. The lowest BCUT2D eigenvalue weighted by molar-refractivity contribution is -0.870. The summed E-state index contributed by atoms with van der Waals surface area (Å²) < 4.78 is 23.0. The summed E-state index contributed by atoms with van der Waals surface area (Å²) in [7, 11) is 1.29. The van der Waals surface area contributed by atoms with Gasteiger partial charge in [-0.3, -0.25) is 9.36 Å². The Kier molecular flexibility index (Phi) is 35.1. The number of hydrogen-bond acceptors (Lipinski definition) is 6. The molecule has 0 bridgehead atoms. The lowest BCUT2D eigenvalue weighted by atomic mass is 10.0. The molecule has 0 aromatic carbocycles. The Bertz CT molecular complexity index is 1010. The van der Waals surface area contributed by atoms with E-state index in [1.54, 1.807) is 0 Å². The summed E-state index contributed by atoms with van der Waals surface area (Å²) in [5.74, 6) is -0.177. The summed E-state index contributed by atoms with van der Waals surface area (Å²) in [5, 5.41) is 13.6. The van der Waals surface area contributed by atoms with Crippen LogP contribution in [0.25, 0.3) is 0 Å². The van der Waals surface area contributed by atoms with Crippen LogP contribution in [0.1, 0.15) is 174 Å². The molecule has 2 N–H and O–H groups in total. The zero-order valence-electron chi connectivity index (χ0n) is 35.0. The predicted molar refractivity (Wildman–Crippen MR) is 224 cm³/mol. The van der Waals surface area contributed by atoms with E-state index in [0.717, 1.165) is 70.6 Å². The van der Waals surface area contributed by atoms with E-state index in [9.17, 15) is 19.4 Å². The van der Waals surface area contributed by atoms with Gasteiger partial charge in [0.1, 0.15) is 13.2 Å². The van der Waals surface area contributed by atoms with E-state index in [-0.39, 0.29) is 19.1 Å². The zero-order chi connectivity index (χ0) is 39.3. The van der Waals surface area contributed by atoms with Crippen LogP contribution in [-0.4, -0.2) is 68.5 Å². The minimum absolute atomic E-state index is 0.00977. The van der Waals surface area contributed by atoms with Gasteiger partial charge in [0.25, 0.3) is 7.82 Å². The van der Waals surface area contributed by atoms with Crippen molar-refractivity contribution in [2.24, 2.45) is 0 Å². The first kappa shape index (κ1) is 51.5. The third kappa shape index (κ3) is 38.5. The first-order valence-corrected chi connectivity index (χ1v) is 22.9. The smallest absolute Gasteiger partial charge is 0.268 e. The highest BCUT2D eigenvalue weighted by Crippen LogP contribution is 2.38. The number of likely N-dealkylation sites (N-methyl/N-ethyl adjacent to an activating group) is 1. The Morgan fingerprint density at radius 1 is 0.679 bits per heavy atom. The second-order valence-corrected chi connectivity index (χ2v) is 17.1. The molecule has 0 saturated heterocycles. The standard InChI is InChI=1S/C44H83N2O6P/c1-6-8-10-12-13-14-15-16-17-18-19-20-21-22-23-24-25-26-27-28-29-30-31-32-33-34-36-38-44(48)45-42(43(47)37-35-11-9-7-2)41-52-53(49,50)51-40-39-46(3,4)5/h8,10,13-14,16-17,19-20,42-43,47H,6-7,9,11-12,15,18,21-41H2,1-5H3,(H-,45,48,49,50)/b10-8-,14-13-,17-16-,20-19-. The normalized spacial score (nSPS) is 14.9. The number of nitrogens with zero attached hydrogens (tertiary/aromatic N) is 1. The summed E-state index contributed by atoms with van der Waals surface area (Å²) in [5.41, 5.74) is 0. The highest BCUT2D eigenvalue weighted by Gasteiger charge is 2.24. The average Bonchev–Trinajstić information content (AvgIpc) is 3.10. The number of nitrogens with one attached hydrogen (secondary N) is 1. The van der Waals surface area contributed by atoms with Crippen LogP contribution in [0, 0.1) is 0 Å². The molecule has 0 heterocycles. The Hall–Kier alpha value is -1.54. The van der Waals surface area contributed by atoms with Gasteiger partial charge in [0.05, 0.1) is 39.9 Å². The minimum atomic E-state index is -4.54. The molecule has 0 aromatic rings. The van der Waals surface area contributed by atoms with Gasteiger partial charge in [-0.15, -0.1) is 0 Å². The molecule has 0 aromatic heterocycles. The molecule has 0 aliphatic heterocycles. The van der Waals surface area contributed by atoms with Crippen LogP contribution in [0.3, 0.4) is 0 Å². The average molecular weight is 767 g/mol. The van der Waals surface area contributed by atoms with Crippen LogP contribution in [0.5, 0.6) is 0 Å². The van der Waals surface area contributed by atoms with Gasteiger partial charge in [-0.1, -0.05) is 165 Å². The Balaban J connectivity index is 3.92. The third-order valence-corrected chi connectivity index (χ3v) is 10.3. The van der Waals surface area contributed by atoms with Crippen molar-refractivity contribution < 1.29 is 32.9 Å². The highest BCUT2D eigenvalue weighted by molar-refractivity contribution is 7.45. The fourth-order valence-corrected chi connectivity index (χ4v) is 6.63. The number of carbonyl (C=O) groups excluding carboxylic acids is 1. The molecule has 310 valence electrons. The van der Waals surface area contributed by atoms with E-state index in [0.29, 0.717) is 23.9 Å². The van der Waals surface area contributed by atoms with Gasteiger partial charge in [-0.2, -0.15) is 0 Å².